The second-order valence-electron chi connectivity index (χ2n) is 5.97. The van der Waals surface area contributed by atoms with Gasteiger partial charge >= 0.3 is 5.97 Å². The molecule has 1 aliphatic carbocycles. The number of fused-ring (bicyclic) bond motifs is 1. The molecule has 3 nitrogen and oxygen atoms in total. The molecule has 3 atom stereocenters. The number of aliphatic carboxylic acids is 1. The van der Waals surface area contributed by atoms with E-state index in [1.165, 1.54) is 32.1 Å². The molecule has 0 bridgehead atoms. The molecule has 0 aromatic rings. The average molecular weight is 239 g/mol. The van der Waals surface area contributed by atoms with E-state index in [9.17, 15) is 9.90 Å². The first-order valence-corrected chi connectivity index (χ1v) is 7.06. The maximum Gasteiger partial charge on any atom is 0.323 e. The van der Waals surface area contributed by atoms with E-state index in [0.717, 1.165) is 24.9 Å². The fraction of sp³-hybridized carbons (Fsp3) is 0.929. The molecule has 1 heterocycles. The maximum atomic E-state index is 11.5. The smallest absolute Gasteiger partial charge is 0.323 e. The lowest BCUT2D eigenvalue weighted by Gasteiger charge is -2.47. The molecule has 0 spiro atoms. The lowest BCUT2D eigenvalue weighted by molar-refractivity contribution is -0.153. The van der Waals surface area contributed by atoms with E-state index in [-0.39, 0.29) is 0 Å². The molecule has 2 aliphatic rings. The van der Waals surface area contributed by atoms with Crippen LogP contribution in [0.5, 0.6) is 0 Å². The van der Waals surface area contributed by atoms with Crippen molar-refractivity contribution in [3.05, 3.63) is 0 Å². The third-order valence-electron chi connectivity index (χ3n) is 5.14. The highest BCUT2D eigenvalue weighted by atomic mass is 16.4. The van der Waals surface area contributed by atoms with Gasteiger partial charge in [0.2, 0.25) is 0 Å². The van der Waals surface area contributed by atoms with E-state index in [0.29, 0.717) is 6.42 Å². The second kappa shape index (κ2) is 4.97. The molecule has 2 fully saturated rings. The number of carbonyl (C=O) groups is 1. The highest BCUT2D eigenvalue weighted by Gasteiger charge is 2.42. The molecule has 0 aromatic carbocycles. The van der Waals surface area contributed by atoms with Crippen molar-refractivity contribution in [2.75, 3.05) is 13.1 Å². The van der Waals surface area contributed by atoms with Crippen molar-refractivity contribution in [2.45, 2.75) is 57.9 Å². The van der Waals surface area contributed by atoms with Crippen molar-refractivity contribution in [3.63, 3.8) is 0 Å². The fourth-order valence-electron chi connectivity index (χ4n) is 3.56. The van der Waals surface area contributed by atoms with Crippen LogP contribution in [0.15, 0.2) is 0 Å². The minimum Gasteiger partial charge on any atom is -0.480 e. The molecule has 0 amide bonds. The van der Waals surface area contributed by atoms with Gasteiger partial charge in [-0.1, -0.05) is 26.2 Å². The Balaban J connectivity index is 2.06. The summed E-state index contributed by atoms with van der Waals surface area (Å²) in [4.78, 5) is 13.7. The summed E-state index contributed by atoms with van der Waals surface area (Å²) in [6.07, 6.45) is 7.29. The summed E-state index contributed by atoms with van der Waals surface area (Å²) >= 11 is 0. The van der Waals surface area contributed by atoms with Gasteiger partial charge in [-0.25, -0.2) is 0 Å². The van der Waals surface area contributed by atoms with E-state index in [2.05, 4.69) is 4.90 Å². The van der Waals surface area contributed by atoms with Gasteiger partial charge in [-0.3, -0.25) is 9.69 Å². The Kier molecular flexibility index (Phi) is 3.76. The van der Waals surface area contributed by atoms with Crippen LogP contribution in [0.3, 0.4) is 0 Å². The molecule has 1 N–H and O–H groups in total. The molecule has 3 unspecified atom stereocenters. The Morgan fingerprint density at radius 3 is 2.53 bits per heavy atom. The Morgan fingerprint density at radius 1 is 1.29 bits per heavy atom. The van der Waals surface area contributed by atoms with Crippen LogP contribution in [0.1, 0.15) is 52.4 Å². The highest BCUT2D eigenvalue weighted by Crippen LogP contribution is 2.38. The van der Waals surface area contributed by atoms with Crippen LogP contribution >= 0.6 is 0 Å². The van der Waals surface area contributed by atoms with Crippen LogP contribution in [0.25, 0.3) is 0 Å². The molecule has 0 aromatic heterocycles. The van der Waals surface area contributed by atoms with Crippen molar-refractivity contribution in [1.29, 1.82) is 0 Å². The minimum absolute atomic E-state index is 0.650. The maximum absolute atomic E-state index is 11.5. The Morgan fingerprint density at radius 2 is 1.94 bits per heavy atom. The zero-order valence-electron chi connectivity index (χ0n) is 11.1. The Bertz CT molecular complexity index is 292. The Hall–Kier alpha value is -0.570. The van der Waals surface area contributed by atoms with Crippen LogP contribution < -0.4 is 0 Å². The van der Waals surface area contributed by atoms with Gasteiger partial charge in [-0.2, -0.15) is 0 Å². The van der Waals surface area contributed by atoms with Crippen molar-refractivity contribution in [3.8, 4) is 0 Å². The minimum atomic E-state index is -0.658. The van der Waals surface area contributed by atoms with Crippen molar-refractivity contribution < 1.29 is 9.90 Å². The molecular weight excluding hydrogens is 214 g/mol. The molecule has 1 aliphatic heterocycles. The van der Waals surface area contributed by atoms with Gasteiger partial charge < -0.3 is 5.11 Å². The van der Waals surface area contributed by atoms with Gasteiger partial charge in [0.15, 0.2) is 0 Å². The molecule has 17 heavy (non-hydrogen) atoms. The quantitative estimate of drug-likeness (QED) is 0.823. The number of likely N-dealkylation sites (tertiary alicyclic amines) is 1. The lowest BCUT2D eigenvalue weighted by Crippen LogP contribution is -2.57. The van der Waals surface area contributed by atoms with E-state index in [1.807, 2.05) is 13.8 Å². The largest absolute Gasteiger partial charge is 0.480 e. The molecule has 1 saturated carbocycles. The third kappa shape index (κ3) is 2.35. The summed E-state index contributed by atoms with van der Waals surface area (Å²) in [6.45, 7) is 5.85. The van der Waals surface area contributed by atoms with Gasteiger partial charge in [0.1, 0.15) is 5.54 Å². The summed E-state index contributed by atoms with van der Waals surface area (Å²) in [5.41, 5.74) is -0.650. The van der Waals surface area contributed by atoms with E-state index >= 15 is 0 Å². The van der Waals surface area contributed by atoms with Crippen LogP contribution in [-0.4, -0.2) is 34.6 Å². The molecule has 2 rings (SSSR count). The van der Waals surface area contributed by atoms with Gasteiger partial charge in [0, 0.05) is 6.54 Å². The zero-order valence-corrected chi connectivity index (χ0v) is 11.1. The second-order valence-corrected chi connectivity index (χ2v) is 5.97. The average Bonchev–Trinajstić information content (AvgIpc) is 2.37. The predicted octanol–water partition coefficient (Wildman–Crippen LogP) is 2.75. The van der Waals surface area contributed by atoms with Crippen molar-refractivity contribution in [2.24, 2.45) is 11.8 Å². The van der Waals surface area contributed by atoms with E-state index in [4.69, 9.17) is 0 Å². The van der Waals surface area contributed by atoms with Crippen molar-refractivity contribution in [1.82, 2.24) is 4.90 Å². The number of carboxylic acid groups (broad SMARTS) is 1. The number of piperidine rings is 1. The monoisotopic (exact) mass is 239 g/mol. The summed E-state index contributed by atoms with van der Waals surface area (Å²) in [7, 11) is 0. The summed E-state index contributed by atoms with van der Waals surface area (Å²) < 4.78 is 0. The third-order valence-corrected chi connectivity index (χ3v) is 5.14. The SMILES string of the molecule is CCC(C)(C(=O)O)N1CCC2CCCCC2C1. The van der Waals surface area contributed by atoms with E-state index in [1.54, 1.807) is 0 Å². The van der Waals surface area contributed by atoms with Gasteiger partial charge in [-0.15, -0.1) is 0 Å². The summed E-state index contributed by atoms with van der Waals surface area (Å²) in [5.74, 6) is 0.965. The van der Waals surface area contributed by atoms with Crippen LogP contribution in [0.2, 0.25) is 0 Å². The fourth-order valence-corrected chi connectivity index (χ4v) is 3.56. The topological polar surface area (TPSA) is 40.5 Å². The van der Waals surface area contributed by atoms with E-state index < -0.39 is 11.5 Å². The first-order chi connectivity index (χ1) is 8.08. The molecule has 3 heteroatoms. The molecular formula is C14H25NO2. The highest BCUT2D eigenvalue weighted by molar-refractivity contribution is 5.78. The number of hydrogen-bond donors (Lipinski definition) is 1. The molecule has 0 radical (unpaired) electrons. The normalized spacial score (nSPS) is 33.8. The van der Waals surface area contributed by atoms with Crippen LogP contribution in [-0.2, 0) is 4.79 Å². The first-order valence-electron chi connectivity index (χ1n) is 7.06. The standard InChI is InChI=1S/C14H25NO2/c1-3-14(2,13(16)17)15-9-8-11-6-4-5-7-12(11)10-15/h11-12H,3-10H2,1-2H3,(H,16,17). The van der Waals surface area contributed by atoms with Crippen LogP contribution in [0.4, 0.5) is 0 Å². The van der Waals surface area contributed by atoms with Gasteiger partial charge in [0.05, 0.1) is 0 Å². The van der Waals surface area contributed by atoms with Gasteiger partial charge in [-0.05, 0) is 44.6 Å². The van der Waals surface area contributed by atoms with Gasteiger partial charge in [0.25, 0.3) is 0 Å². The van der Waals surface area contributed by atoms with Crippen molar-refractivity contribution >= 4 is 5.97 Å². The number of hydrogen-bond acceptors (Lipinski definition) is 2. The number of rotatable bonds is 3. The molecule has 1 saturated heterocycles. The molecule has 98 valence electrons. The Labute approximate surface area is 104 Å². The lowest BCUT2D eigenvalue weighted by atomic mass is 9.74. The predicted molar refractivity (Wildman–Crippen MR) is 68.0 cm³/mol. The zero-order chi connectivity index (χ0) is 12.5. The number of nitrogens with zero attached hydrogens (tertiary/aromatic N) is 1. The summed E-state index contributed by atoms with van der Waals surface area (Å²) in [5, 5.41) is 9.44. The summed E-state index contributed by atoms with van der Waals surface area (Å²) in [6, 6.07) is 0. The van der Waals surface area contributed by atoms with Crippen LogP contribution in [0, 0.1) is 11.8 Å². The number of carboxylic acids is 1. The first kappa shape index (κ1) is 12.9.